The van der Waals surface area contributed by atoms with Crippen LogP contribution in [-0.2, 0) is 31.9 Å². The van der Waals surface area contributed by atoms with Gasteiger partial charge in [-0.05, 0) is 18.6 Å². The van der Waals surface area contributed by atoms with Gasteiger partial charge in [0, 0.05) is 38.0 Å². The highest BCUT2D eigenvalue weighted by Crippen LogP contribution is 2.36. The molecular formula is C24H29N3O6S. The van der Waals surface area contributed by atoms with E-state index in [-0.39, 0.29) is 18.2 Å². The maximum Gasteiger partial charge on any atom is 0.414 e. The first kappa shape index (κ1) is 24.0. The van der Waals surface area contributed by atoms with E-state index >= 15 is 0 Å². The third-order valence-corrected chi connectivity index (χ3v) is 7.79. The highest BCUT2D eigenvalue weighted by Gasteiger charge is 2.45. The Morgan fingerprint density at radius 1 is 1.12 bits per heavy atom. The number of sulfonamides is 1. The van der Waals surface area contributed by atoms with Crippen molar-refractivity contribution in [3.8, 4) is 5.75 Å². The summed E-state index contributed by atoms with van der Waals surface area (Å²) in [5.74, 6) is 0.870. The molecular weight excluding hydrogens is 458 g/mol. The summed E-state index contributed by atoms with van der Waals surface area (Å²) in [6.45, 7) is 3.34. The molecule has 34 heavy (non-hydrogen) atoms. The Kier molecular flexibility index (Phi) is 7.38. The number of nitrogens with zero attached hydrogens (tertiary/aromatic N) is 2. The Bertz CT molecular complexity index is 1130. The van der Waals surface area contributed by atoms with Gasteiger partial charge in [0.25, 0.3) is 0 Å². The van der Waals surface area contributed by atoms with Crippen LogP contribution in [0.25, 0.3) is 0 Å². The molecule has 1 N–H and O–H groups in total. The van der Waals surface area contributed by atoms with Crippen LogP contribution in [0.3, 0.4) is 0 Å². The van der Waals surface area contributed by atoms with Crippen molar-refractivity contribution >= 4 is 22.0 Å². The summed E-state index contributed by atoms with van der Waals surface area (Å²) in [5.41, 5.74) is 0.955. The quantitative estimate of drug-likeness (QED) is 0.642. The first-order valence-corrected chi connectivity index (χ1v) is 12.9. The Labute approximate surface area is 199 Å². The number of oxime groups is 1. The van der Waals surface area contributed by atoms with Crippen molar-refractivity contribution < 1.29 is 27.5 Å². The van der Waals surface area contributed by atoms with Crippen LogP contribution < -0.4 is 10.1 Å². The first-order chi connectivity index (χ1) is 16.4. The molecule has 0 atom stereocenters. The van der Waals surface area contributed by atoms with Crippen LogP contribution in [0, 0.1) is 0 Å². The Morgan fingerprint density at radius 2 is 1.82 bits per heavy atom. The zero-order chi connectivity index (χ0) is 24.0. The number of amides is 1. The van der Waals surface area contributed by atoms with Gasteiger partial charge in [-0.2, -0.15) is 0 Å². The lowest BCUT2D eigenvalue weighted by Crippen LogP contribution is -2.47. The Balaban J connectivity index is 1.25. The maximum absolute atomic E-state index is 12.8. The summed E-state index contributed by atoms with van der Waals surface area (Å²) in [7, 11) is -3.42. The van der Waals surface area contributed by atoms with Gasteiger partial charge >= 0.3 is 6.09 Å². The van der Waals surface area contributed by atoms with E-state index in [1.807, 2.05) is 49.4 Å². The van der Waals surface area contributed by atoms with E-state index in [4.69, 9.17) is 14.3 Å². The number of piperidine rings is 1. The molecule has 9 nitrogen and oxygen atoms in total. The van der Waals surface area contributed by atoms with E-state index in [1.165, 1.54) is 4.31 Å². The molecule has 1 amide bonds. The van der Waals surface area contributed by atoms with Crippen molar-refractivity contribution in [1.82, 2.24) is 9.62 Å². The van der Waals surface area contributed by atoms with Crippen molar-refractivity contribution in [2.45, 2.75) is 44.1 Å². The summed E-state index contributed by atoms with van der Waals surface area (Å²) in [6.07, 6.45) is 0.637. The average molecular weight is 488 g/mol. The van der Waals surface area contributed by atoms with Gasteiger partial charge in [0.15, 0.2) is 0 Å². The molecule has 2 aliphatic rings. The fourth-order valence-corrected chi connectivity index (χ4v) is 5.65. The minimum atomic E-state index is -3.42. The summed E-state index contributed by atoms with van der Waals surface area (Å²) in [4.78, 5) is 17.9. The van der Waals surface area contributed by atoms with Gasteiger partial charge in [-0.25, -0.2) is 17.5 Å². The van der Waals surface area contributed by atoms with Crippen LogP contribution in [0.1, 0.15) is 37.3 Å². The molecule has 0 bridgehead atoms. The number of rotatable bonds is 7. The second kappa shape index (κ2) is 10.4. The van der Waals surface area contributed by atoms with E-state index < -0.39 is 21.7 Å². The molecule has 4 rings (SSSR count). The predicted octanol–water partition coefficient (Wildman–Crippen LogP) is 3.41. The number of nitrogens with one attached hydrogen (secondary N) is 1. The third kappa shape index (κ3) is 5.87. The fourth-order valence-electron chi connectivity index (χ4n) is 4.12. The number of benzene rings is 2. The second-order valence-corrected chi connectivity index (χ2v) is 10.3. The summed E-state index contributed by atoms with van der Waals surface area (Å²) in [5, 5.41) is 6.65. The monoisotopic (exact) mass is 487 g/mol. The van der Waals surface area contributed by atoms with Gasteiger partial charge in [-0.1, -0.05) is 53.7 Å². The molecule has 0 unspecified atom stereocenters. The van der Waals surface area contributed by atoms with Crippen LogP contribution in [0.15, 0.2) is 59.8 Å². The lowest BCUT2D eigenvalue weighted by Gasteiger charge is -2.36. The molecule has 0 saturated carbocycles. The Hall–Kier alpha value is -3.11. The number of alkyl carbamates (subject to hydrolysis) is 1. The minimum absolute atomic E-state index is 0.0286. The van der Waals surface area contributed by atoms with Gasteiger partial charge in [-0.15, -0.1) is 0 Å². The molecule has 1 fully saturated rings. The van der Waals surface area contributed by atoms with Crippen molar-refractivity contribution in [1.29, 1.82) is 0 Å². The fraction of sp³-hybridized carbons (Fsp3) is 0.417. The number of hydrogen-bond donors (Lipinski definition) is 1. The van der Waals surface area contributed by atoms with E-state index in [0.717, 1.165) is 11.1 Å². The molecule has 1 saturated heterocycles. The summed E-state index contributed by atoms with van der Waals surface area (Å²) < 4.78 is 38.0. The molecule has 10 heteroatoms. The number of carbonyl (C=O) groups excluding carboxylic acids is 1. The topological polar surface area (TPSA) is 107 Å². The van der Waals surface area contributed by atoms with E-state index in [1.54, 1.807) is 12.1 Å². The highest BCUT2D eigenvalue weighted by atomic mass is 32.2. The van der Waals surface area contributed by atoms with E-state index in [9.17, 15) is 13.2 Å². The van der Waals surface area contributed by atoms with Crippen LogP contribution in [0.5, 0.6) is 5.75 Å². The van der Waals surface area contributed by atoms with Gasteiger partial charge in [-0.3, -0.25) is 0 Å². The molecule has 0 radical (unpaired) electrons. The molecule has 182 valence electrons. The molecule has 2 heterocycles. The Morgan fingerprint density at radius 3 is 2.56 bits per heavy atom. The first-order valence-electron chi connectivity index (χ1n) is 11.3. The minimum Gasteiger partial charge on any atom is -0.494 e. The largest absolute Gasteiger partial charge is 0.494 e. The normalized spacial score (nSPS) is 17.6. The standard InChI is InChI=1S/C24H29N3O6S/c1-2-31-21-11-7-6-10-20(21)17-25-23(28)32-22-16-24(33-26-22)12-14-27(15-13-24)34(29,30)18-19-8-4-3-5-9-19/h3-11H,2,12-18H2,1H3,(H,25,28). The zero-order valence-corrected chi connectivity index (χ0v) is 19.9. The number of carbonyl (C=O) groups is 1. The maximum atomic E-state index is 12.8. The van der Waals surface area contributed by atoms with E-state index in [2.05, 4.69) is 10.5 Å². The molecule has 0 aromatic heterocycles. The SMILES string of the molecule is CCOc1ccccc1CNC(=O)OC1=NOC2(CCN(S(=O)(=O)Cc3ccccc3)CC2)C1. The lowest BCUT2D eigenvalue weighted by atomic mass is 9.89. The highest BCUT2D eigenvalue weighted by molar-refractivity contribution is 7.88. The van der Waals surface area contributed by atoms with Crippen molar-refractivity contribution in [3.63, 3.8) is 0 Å². The average Bonchev–Trinajstić information content (AvgIpc) is 3.21. The van der Waals surface area contributed by atoms with Gasteiger partial charge in [0.05, 0.1) is 18.8 Å². The van der Waals surface area contributed by atoms with Crippen molar-refractivity contribution in [2.75, 3.05) is 19.7 Å². The van der Waals surface area contributed by atoms with Crippen molar-refractivity contribution in [3.05, 3.63) is 65.7 Å². The second-order valence-electron chi connectivity index (χ2n) is 8.36. The van der Waals surface area contributed by atoms with Crippen LogP contribution in [0.2, 0.25) is 0 Å². The van der Waals surface area contributed by atoms with Crippen LogP contribution in [0.4, 0.5) is 4.79 Å². The molecule has 0 aliphatic carbocycles. The summed E-state index contributed by atoms with van der Waals surface area (Å²) in [6, 6.07) is 16.6. The van der Waals surface area contributed by atoms with Gasteiger partial charge in [0.2, 0.25) is 15.9 Å². The van der Waals surface area contributed by atoms with Gasteiger partial charge in [0.1, 0.15) is 11.4 Å². The van der Waals surface area contributed by atoms with Crippen molar-refractivity contribution in [2.24, 2.45) is 5.16 Å². The molecule has 2 aliphatic heterocycles. The van der Waals surface area contributed by atoms with Gasteiger partial charge < -0.3 is 19.6 Å². The van der Waals surface area contributed by atoms with E-state index in [0.29, 0.717) is 44.7 Å². The molecule has 1 spiro atoms. The third-order valence-electron chi connectivity index (χ3n) is 5.94. The molecule has 2 aromatic rings. The number of ether oxygens (including phenoxy) is 2. The predicted molar refractivity (Wildman–Crippen MR) is 127 cm³/mol. The number of para-hydroxylation sites is 1. The smallest absolute Gasteiger partial charge is 0.414 e. The number of hydrogen-bond acceptors (Lipinski definition) is 7. The molecule has 2 aromatic carbocycles. The zero-order valence-electron chi connectivity index (χ0n) is 19.1. The summed E-state index contributed by atoms with van der Waals surface area (Å²) >= 11 is 0. The lowest BCUT2D eigenvalue weighted by molar-refractivity contribution is -0.0506. The van der Waals surface area contributed by atoms with Crippen LogP contribution in [-0.4, -0.2) is 50.0 Å². The van der Waals surface area contributed by atoms with Crippen LogP contribution >= 0.6 is 0 Å².